The van der Waals surface area contributed by atoms with Gasteiger partial charge in [0.2, 0.25) is 22.7 Å². The van der Waals surface area contributed by atoms with Gasteiger partial charge in [-0.05, 0) is 80.8 Å². The van der Waals surface area contributed by atoms with Gasteiger partial charge in [-0.1, -0.05) is 0 Å². The highest BCUT2D eigenvalue weighted by Crippen LogP contribution is 2.83. The number of nitrogens with zero attached hydrogens (tertiary/aromatic N) is 6. The topological polar surface area (TPSA) is 207 Å². The minimum atomic E-state index is -1.06. The third-order valence-corrected chi connectivity index (χ3v) is 15.8. The first-order valence-corrected chi connectivity index (χ1v) is 22.9. The van der Waals surface area contributed by atoms with E-state index in [9.17, 15) is 37.5 Å². The van der Waals surface area contributed by atoms with Crippen molar-refractivity contribution in [1.82, 2.24) is 35.1 Å². The van der Waals surface area contributed by atoms with Crippen LogP contribution in [0.3, 0.4) is 0 Å². The Balaban J connectivity index is 0.809. The molecular weight excluding hydrogens is 939 g/mol. The maximum atomic E-state index is 16.3. The molecule has 71 heavy (non-hydrogen) atoms. The Kier molecular flexibility index (Phi) is 9.39. The summed E-state index contributed by atoms with van der Waals surface area (Å²) in [6.45, 7) is 5.26. The van der Waals surface area contributed by atoms with Crippen molar-refractivity contribution in [2.75, 3.05) is 36.0 Å². The van der Waals surface area contributed by atoms with Gasteiger partial charge in [0.25, 0.3) is 5.91 Å². The molecule has 0 radical (unpaired) electrons. The van der Waals surface area contributed by atoms with Crippen LogP contribution in [0.4, 0.5) is 38.0 Å². The van der Waals surface area contributed by atoms with Crippen molar-refractivity contribution >= 4 is 57.2 Å². The fourth-order valence-corrected chi connectivity index (χ4v) is 12.0. The minimum Gasteiger partial charge on any atom is -0.353 e. The van der Waals surface area contributed by atoms with Crippen molar-refractivity contribution in [1.29, 1.82) is 0 Å². The third kappa shape index (κ3) is 6.41. The summed E-state index contributed by atoms with van der Waals surface area (Å²) in [6.07, 6.45) is 2.14. The fraction of sp³-hybridized carbons (Fsp3) is 0.347. The first kappa shape index (κ1) is 44.6. The number of anilines is 2. The molecule has 16 nitrogen and oxygen atoms in total. The number of hydrogen-bond donors (Lipinski definition) is 4. The number of piperidine rings is 2. The quantitative estimate of drug-likeness (QED) is 0.109. The zero-order valence-corrected chi connectivity index (χ0v) is 37.7. The van der Waals surface area contributed by atoms with E-state index >= 15 is 17.6 Å². The van der Waals surface area contributed by atoms with E-state index in [0.29, 0.717) is 25.2 Å². The van der Waals surface area contributed by atoms with Crippen LogP contribution < -0.4 is 42.3 Å². The molecule has 364 valence electrons. The molecule has 2 aromatic carbocycles. The van der Waals surface area contributed by atoms with Crippen LogP contribution in [0.1, 0.15) is 41.5 Å². The van der Waals surface area contributed by atoms with Gasteiger partial charge in [-0.2, -0.15) is 0 Å². The van der Waals surface area contributed by atoms with Crippen LogP contribution >= 0.6 is 0 Å². The number of amides is 3. The van der Waals surface area contributed by atoms with E-state index in [1.54, 1.807) is 9.80 Å². The normalized spacial score (nSPS) is 26.8. The van der Waals surface area contributed by atoms with Crippen LogP contribution in [-0.4, -0.2) is 93.0 Å². The molecule has 22 heteroatoms. The molecule has 6 aromatic rings. The first-order chi connectivity index (χ1) is 33.7. The van der Waals surface area contributed by atoms with Gasteiger partial charge in [-0.15, -0.1) is 0 Å². The van der Waals surface area contributed by atoms with Crippen LogP contribution in [0.5, 0.6) is 0 Å². The Morgan fingerprint density at radius 1 is 0.662 bits per heavy atom. The van der Waals surface area contributed by atoms with E-state index in [4.69, 9.17) is 5.73 Å². The molecule has 2 spiro atoms. The largest absolute Gasteiger partial charge is 0.353 e. The number of ketones is 1. The van der Waals surface area contributed by atoms with E-state index in [1.807, 2.05) is 0 Å². The number of fused-ring (bicyclic) bond motifs is 4. The number of halogens is 6. The van der Waals surface area contributed by atoms with Crippen LogP contribution in [-0.2, 0) is 9.59 Å². The number of carbonyl (C=O) groups excluding carboxylic acids is 4. The second kappa shape index (κ2) is 15.0. The van der Waals surface area contributed by atoms with Crippen molar-refractivity contribution in [2.24, 2.45) is 40.2 Å². The summed E-state index contributed by atoms with van der Waals surface area (Å²) >= 11 is 0. The molecule has 3 amide bonds. The molecular formula is C49H40F6N10O6. The number of benzene rings is 2. The Labute approximate surface area is 396 Å². The molecule has 6 heterocycles. The lowest BCUT2D eigenvalue weighted by Gasteiger charge is -2.21. The van der Waals surface area contributed by atoms with E-state index in [0.717, 1.165) is 64.8 Å². The molecule has 0 bridgehead atoms. The minimum absolute atomic E-state index is 0.0510. The zero-order valence-electron chi connectivity index (χ0n) is 37.7. The lowest BCUT2D eigenvalue weighted by molar-refractivity contribution is -0.129. The van der Waals surface area contributed by atoms with Gasteiger partial charge in [0.05, 0.1) is 33.8 Å². The maximum absolute atomic E-state index is 16.3. The first-order valence-electron chi connectivity index (χ1n) is 22.9. The molecule has 9 unspecified atom stereocenters. The van der Waals surface area contributed by atoms with E-state index in [2.05, 4.69) is 25.9 Å². The van der Waals surface area contributed by atoms with Gasteiger partial charge in [-0.3, -0.25) is 37.9 Å². The van der Waals surface area contributed by atoms with Crippen molar-refractivity contribution in [3.63, 3.8) is 0 Å². The van der Waals surface area contributed by atoms with Crippen molar-refractivity contribution < 1.29 is 45.5 Å². The second-order valence-corrected chi connectivity index (χ2v) is 19.8. The zero-order chi connectivity index (χ0) is 50.1. The van der Waals surface area contributed by atoms with Gasteiger partial charge in [0.15, 0.2) is 40.3 Å². The molecule has 2 aliphatic heterocycles. The molecule has 6 aliphatic rings. The van der Waals surface area contributed by atoms with Gasteiger partial charge in [0.1, 0.15) is 34.9 Å². The Bertz CT molecular complexity index is 3590. The number of rotatable bonds is 11. The van der Waals surface area contributed by atoms with Gasteiger partial charge in [-0.25, -0.2) is 36.3 Å². The molecule has 12 rings (SSSR count). The van der Waals surface area contributed by atoms with Gasteiger partial charge in [0, 0.05) is 73.6 Å². The molecule has 2 saturated heterocycles. The Morgan fingerprint density at radius 2 is 1.13 bits per heavy atom. The summed E-state index contributed by atoms with van der Waals surface area (Å²) in [5.41, 5.74) is 1.13. The maximum Gasteiger partial charge on any atom is 0.257 e. The monoisotopic (exact) mass is 978 g/mol. The number of hydrogen-bond acceptors (Lipinski definition) is 11. The summed E-state index contributed by atoms with van der Waals surface area (Å²) in [4.78, 5) is 91.3. The number of nitrogens with two attached hydrogens (primary N) is 1. The van der Waals surface area contributed by atoms with Gasteiger partial charge < -0.3 is 31.5 Å². The van der Waals surface area contributed by atoms with Crippen molar-refractivity contribution in [3.8, 4) is 11.4 Å². The summed E-state index contributed by atoms with van der Waals surface area (Å²) in [5.74, 6) is -8.35. The van der Waals surface area contributed by atoms with Crippen LogP contribution in [0, 0.1) is 69.4 Å². The predicted molar refractivity (Wildman–Crippen MR) is 242 cm³/mol. The van der Waals surface area contributed by atoms with Crippen LogP contribution in [0.25, 0.3) is 33.4 Å². The third-order valence-electron chi connectivity index (χ3n) is 15.8. The molecule has 5 N–H and O–H groups in total. The predicted octanol–water partition coefficient (Wildman–Crippen LogP) is 3.39. The average Bonchev–Trinajstić information content (AvgIpc) is 4.28. The number of carbonyl (C=O) groups is 4. The second-order valence-electron chi connectivity index (χ2n) is 19.8. The van der Waals surface area contributed by atoms with Crippen molar-refractivity contribution in [2.45, 2.75) is 44.9 Å². The molecule has 10 atom stereocenters. The molecule has 4 aromatic heterocycles. The van der Waals surface area contributed by atoms with Gasteiger partial charge >= 0.3 is 0 Å². The standard InChI is InChI=1S/C49H40F6N10O6/c1-18(56)45(69)57-19(2)46(70)58-39-35-27-14-62(16-48(27,35)39)44-32(55)11-24-38(68)26(13-65(42(24)61-44)34-7-5-22(51)9-30(34)53)47(71)59-40-36-28-15-63(17-49(28,36)40)43-31(54)10-23-37(67)25(20(3)66)12-64(41(23)60-43)33-6-4-21(50)8-29(33)52/h4-13,18-19,27-28,35-36,39-40H,14-17,56H2,1-3H3,(H,57,69)(H,58,70)(H,59,71)/t18-,19?,27?,28?,35?,36?,39?,40?,48?,49?/m0/s1. The smallest absolute Gasteiger partial charge is 0.257 e. The summed E-state index contributed by atoms with van der Waals surface area (Å²) in [6, 6.07) is 4.82. The summed E-state index contributed by atoms with van der Waals surface area (Å²) < 4.78 is 93.3. The lowest BCUT2D eigenvalue weighted by Crippen LogP contribution is -2.51. The van der Waals surface area contributed by atoms with E-state index in [1.165, 1.54) is 13.8 Å². The summed E-state index contributed by atoms with van der Waals surface area (Å²) in [7, 11) is 0. The highest BCUT2D eigenvalue weighted by Gasteiger charge is 2.90. The molecule has 4 saturated carbocycles. The van der Waals surface area contributed by atoms with E-state index < -0.39 is 98.4 Å². The molecule has 4 aliphatic carbocycles. The SMILES string of the molecule is CC(=O)c1cn(-c2ccc(F)cc2F)c2nc(N3CC4C5C(NC(=O)c6cn(-c7ccc(F)cc7F)c7nc(N8CC9C%10C(NC(=O)C(C)NC(=O)[C@H](C)N)C9%10C8)c(F)cc7c6=O)C45C3)c(F)cc2c1=O. The number of Topliss-reactive ketones (excluding diaryl/α,β-unsaturated/α-hetero) is 1. The number of pyridine rings is 4. The lowest BCUT2D eigenvalue weighted by atomic mass is 10.0. The van der Waals surface area contributed by atoms with E-state index in [-0.39, 0.29) is 98.9 Å². The van der Waals surface area contributed by atoms with Crippen LogP contribution in [0.2, 0.25) is 0 Å². The molecule has 6 fully saturated rings. The fourth-order valence-electron chi connectivity index (χ4n) is 12.0. The average molecular weight is 979 g/mol. The highest BCUT2D eigenvalue weighted by molar-refractivity contribution is 5.99. The number of nitrogens with one attached hydrogen (secondary N) is 3. The van der Waals surface area contributed by atoms with Crippen LogP contribution in [0.15, 0.2) is 70.5 Å². The van der Waals surface area contributed by atoms with Crippen molar-refractivity contribution in [3.05, 3.63) is 127 Å². The Hall–Kier alpha value is -7.62. The highest BCUT2D eigenvalue weighted by atomic mass is 19.2. The number of aromatic nitrogens is 4. The Morgan fingerprint density at radius 3 is 1.59 bits per heavy atom. The summed E-state index contributed by atoms with van der Waals surface area (Å²) in [5, 5.41) is 7.72.